The summed E-state index contributed by atoms with van der Waals surface area (Å²) in [7, 11) is -1.41. The van der Waals surface area contributed by atoms with Crippen molar-refractivity contribution in [3.05, 3.63) is 103 Å². The Morgan fingerprint density at radius 3 is 1.58 bits per heavy atom. The van der Waals surface area contributed by atoms with E-state index in [1.165, 1.54) is 26.2 Å². The lowest BCUT2D eigenvalue weighted by molar-refractivity contribution is 1.40. The van der Waals surface area contributed by atoms with Crippen molar-refractivity contribution in [1.29, 1.82) is 0 Å². The van der Waals surface area contributed by atoms with Crippen LogP contribution in [0, 0.1) is 0 Å². The summed E-state index contributed by atoms with van der Waals surface area (Å²) in [5.41, 5.74) is 4.08. The van der Waals surface area contributed by atoms with E-state index in [0.29, 0.717) is 0 Å². The van der Waals surface area contributed by atoms with Gasteiger partial charge in [-0.15, -0.1) is 10.0 Å². The van der Waals surface area contributed by atoms with E-state index in [2.05, 4.69) is 103 Å². The van der Waals surface area contributed by atoms with E-state index in [1.807, 2.05) is 0 Å². The summed E-state index contributed by atoms with van der Waals surface area (Å²) in [6, 6.07) is 28.3. The summed E-state index contributed by atoms with van der Waals surface area (Å²) in [5, 5.41) is 4.22. The second-order valence-electron chi connectivity index (χ2n) is 5.96. The maximum Gasteiger partial charge on any atom is 0.244 e. The molecule has 4 rings (SSSR count). The molecule has 1 aliphatic rings. The zero-order valence-electron chi connectivity index (χ0n) is 13.6. The van der Waals surface area contributed by atoms with Gasteiger partial charge in [0.25, 0.3) is 0 Å². The molecule has 0 saturated heterocycles. The Morgan fingerprint density at radius 2 is 1.08 bits per heavy atom. The number of fused-ring (bicyclic) bond motifs is 2. The molecule has 0 bridgehead atoms. The summed E-state index contributed by atoms with van der Waals surface area (Å²) in [6.07, 6.45) is 0. The van der Waals surface area contributed by atoms with Crippen LogP contribution >= 0.6 is 10.0 Å². The predicted molar refractivity (Wildman–Crippen MR) is 108 cm³/mol. The van der Waals surface area contributed by atoms with E-state index in [1.54, 1.807) is 0 Å². The number of benzene rings is 3. The quantitative estimate of drug-likeness (QED) is 0.638. The molecule has 0 aliphatic carbocycles. The standard InChI is InChI=1S/C22H19BS/c1-3-24(4-2)21-16-10-8-14-19(21)23(18-12-6-5-7-13-18)20-15-9-11-17-22(20)24/h3-17H,1-2H2. The first-order chi connectivity index (χ1) is 11.8. The molecule has 1 heterocycles. The minimum Gasteiger partial charge on any atom is -0.149 e. The van der Waals surface area contributed by atoms with Gasteiger partial charge in [-0.05, 0) is 32.7 Å². The fourth-order valence-electron chi connectivity index (χ4n) is 3.77. The molecule has 24 heavy (non-hydrogen) atoms. The lowest BCUT2D eigenvalue weighted by atomic mass is 9.36. The van der Waals surface area contributed by atoms with Crippen molar-refractivity contribution in [2.24, 2.45) is 0 Å². The lowest BCUT2D eigenvalue weighted by Crippen LogP contribution is -2.56. The Bertz CT molecular complexity index is 857. The van der Waals surface area contributed by atoms with Crippen molar-refractivity contribution < 1.29 is 0 Å². The molecule has 3 aromatic rings. The van der Waals surface area contributed by atoms with Gasteiger partial charge in [-0.2, -0.15) is 0 Å². The molecule has 0 fully saturated rings. The molecule has 1 aliphatic heterocycles. The van der Waals surface area contributed by atoms with Gasteiger partial charge < -0.3 is 0 Å². The lowest BCUT2D eigenvalue weighted by Gasteiger charge is -2.43. The van der Waals surface area contributed by atoms with Crippen LogP contribution in [0.4, 0.5) is 0 Å². The molecule has 3 aromatic carbocycles. The molecule has 0 amide bonds. The summed E-state index contributed by atoms with van der Waals surface area (Å²) in [5.74, 6) is 0. The van der Waals surface area contributed by atoms with Crippen LogP contribution in [0.15, 0.2) is 113 Å². The Balaban J connectivity index is 2.10. The van der Waals surface area contributed by atoms with E-state index in [4.69, 9.17) is 0 Å². The van der Waals surface area contributed by atoms with Gasteiger partial charge in [-0.25, -0.2) is 0 Å². The SMILES string of the molecule is C=CS1(C=C)c2ccccc2B(c2ccccc2)c2ccccc21. The normalized spacial score (nSPS) is 15.8. The van der Waals surface area contributed by atoms with Crippen LogP contribution in [0.5, 0.6) is 0 Å². The molecular weight excluding hydrogens is 307 g/mol. The first kappa shape index (κ1) is 15.1. The van der Waals surface area contributed by atoms with Gasteiger partial charge in [-0.3, -0.25) is 0 Å². The van der Waals surface area contributed by atoms with E-state index in [-0.39, 0.29) is 6.71 Å². The molecule has 0 atom stereocenters. The van der Waals surface area contributed by atoms with Crippen LogP contribution in [-0.4, -0.2) is 6.71 Å². The molecule has 116 valence electrons. The highest BCUT2D eigenvalue weighted by molar-refractivity contribution is 8.38. The van der Waals surface area contributed by atoms with Gasteiger partial charge in [0.2, 0.25) is 6.71 Å². The third kappa shape index (κ3) is 2.03. The fraction of sp³-hybridized carbons (Fsp3) is 0. The Kier molecular flexibility index (Phi) is 3.70. The highest BCUT2D eigenvalue weighted by Gasteiger charge is 2.38. The molecule has 0 radical (unpaired) electrons. The molecule has 0 aromatic heterocycles. The van der Waals surface area contributed by atoms with Crippen molar-refractivity contribution >= 4 is 33.1 Å². The average molecular weight is 326 g/mol. The molecule has 0 nitrogen and oxygen atoms in total. The maximum atomic E-state index is 4.19. The van der Waals surface area contributed by atoms with Gasteiger partial charge in [0, 0.05) is 0 Å². The topological polar surface area (TPSA) is 0 Å². The van der Waals surface area contributed by atoms with Gasteiger partial charge in [-0.1, -0.05) is 96.3 Å². The van der Waals surface area contributed by atoms with E-state index in [0.717, 1.165) is 0 Å². The highest BCUT2D eigenvalue weighted by atomic mass is 32.3. The van der Waals surface area contributed by atoms with Crippen LogP contribution in [0.1, 0.15) is 0 Å². The first-order valence-electron chi connectivity index (χ1n) is 8.13. The smallest absolute Gasteiger partial charge is 0.149 e. The van der Waals surface area contributed by atoms with E-state index < -0.39 is 10.0 Å². The summed E-state index contributed by atoms with van der Waals surface area (Å²) < 4.78 is 0. The zero-order chi connectivity index (χ0) is 16.6. The van der Waals surface area contributed by atoms with Crippen molar-refractivity contribution in [3.63, 3.8) is 0 Å². The largest absolute Gasteiger partial charge is 0.244 e. The predicted octanol–water partition coefficient (Wildman–Crippen LogP) is 4.03. The number of hydrogen-bond donors (Lipinski definition) is 0. The van der Waals surface area contributed by atoms with Crippen molar-refractivity contribution in [2.45, 2.75) is 9.79 Å². The van der Waals surface area contributed by atoms with E-state index >= 15 is 0 Å². The summed E-state index contributed by atoms with van der Waals surface area (Å²) >= 11 is 0. The second kappa shape index (κ2) is 5.88. The summed E-state index contributed by atoms with van der Waals surface area (Å²) in [6.45, 7) is 8.64. The first-order valence-corrected chi connectivity index (χ1v) is 9.89. The molecule has 0 saturated carbocycles. The zero-order valence-corrected chi connectivity index (χ0v) is 14.4. The molecule has 0 spiro atoms. The monoisotopic (exact) mass is 326 g/mol. The number of rotatable bonds is 3. The Hall–Kier alpha value is -2.45. The van der Waals surface area contributed by atoms with Crippen LogP contribution in [0.3, 0.4) is 0 Å². The minimum atomic E-state index is -1.41. The van der Waals surface area contributed by atoms with Crippen LogP contribution < -0.4 is 16.4 Å². The highest BCUT2D eigenvalue weighted by Crippen LogP contribution is 2.64. The third-order valence-corrected chi connectivity index (χ3v) is 8.10. The van der Waals surface area contributed by atoms with Crippen LogP contribution in [0.2, 0.25) is 0 Å². The third-order valence-electron chi connectivity index (χ3n) is 4.85. The van der Waals surface area contributed by atoms with Crippen molar-refractivity contribution in [3.8, 4) is 0 Å². The van der Waals surface area contributed by atoms with Gasteiger partial charge in [0.05, 0.1) is 0 Å². The average Bonchev–Trinajstić information content (AvgIpc) is 2.67. The maximum absolute atomic E-state index is 4.19. The minimum absolute atomic E-state index is 0.263. The Morgan fingerprint density at radius 1 is 0.625 bits per heavy atom. The van der Waals surface area contributed by atoms with Crippen molar-refractivity contribution in [2.75, 3.05) is 0 Å². The molecule has 2 heteroatoms. The van der Waals surface area contributed by atoms with Gasteiger partial charge >= 0.3 is 0 Å². The molecule has 0 unspecified atom stereocenters. The van der Waals surface area contributed by atoms with Crippen LogP contribution in [-0.2, 0) is 0 Å². The van der Waals surface area contributed by atoms with E-state index in [9.17, 15) is 0 Å². The van der Waals surface area contributed by atoms with Gasteiger partial charge in [0.15, 0.2) is 0 Å². The van der Waals surface area contributed by atoms with Crippen LogP contribution in [0.25, 0.3) is 0 Å². The molecule has 0 N–H and O–H groups in total. The Labute approximate surface area is 146 Å². The molecular formula is C22H19BS. The fourth-order valence-corrected chi connectivity index (χ4v) is 6.62. The summed E-state index contributed by atoms with van der Waals surface area (Å²) in [4.78, 5) is 2.73. The van der Waals surface area contributed by atoms with Gasteiger partial charge in [0.1, 0.15) is 0 Å². The number of hydrogen-bond acceptors (Lipinski definition) is 0. The second-order valence-corrected chi connectivity index (χ2v) is 8.93. The van der Waals surface area contributed by atoms with Crippen molar-refractivity contribution in [1.82, 2.24) is 0 Å².